The maximum Gasteiger partial charge on any atom is 0.222 e. The van der Waals surface area contributed by atoms with Gasteiger partial charge in [0.2, 0.25) is 5.91 Å². The van der Waals surface area contributed by atoms with Crippen LogP contribution in [0, 0.1) is 0 Å². The molecule has 5 nitrogen and oxygen atoms in total. The number of aliphatic hydroxyl groups is 3. The quantitative estimate of drug-likeness (QED) is 0.0362. The summed E-state index contributed by atoms with van der Waals surface area (Å²) >= 11 is 0. The lowest BCUT2D eigenvalue weighted by atomic mass is 10.0. The summed E-state index contributed by atoms with van der Waals surface area (Å²) in [6.45, 7) is 4.23. The van der Waals surface area contributed by atoms with Crippen molar-refractivity contribution in [1.82, 2.24) is 5.32 Å². The minimum atomic E-state index is -0.927. The van der Waals surface area contributed by atoms with Crippen LogP contribution in [0.5, 0.6) is 0 Å². The molecule has 0 aromatic carbocycles. The minimum Gasteiger partial charge on any atom is -0.394 e. The number of hydrogen-bond acceptors (Lipinski definition) is 4. The first-order valence-corrected chi connectivity index (χ1v) is 28.3. The van der Waals surface area contributed by atoms with Gasteiger partial charge in [0, 0.05) is 0 Å². The Morgan fingerprint density at radius 2 is 0.714 bits per heavy atom. The van der Waals surface area contributed by atoms with Gasteiger partial charge >= 0.3 is 0 Å². The van der Waals surface area contributed by atoms with Crippen molar-refractivity contribution in [2.24, 2.45) is 0 Å². The zero-order valence-electron chi connectivity index (χ0n) is 42.5. The molecule has 0 radical (unpaired) electrons. The molecule has 5 heteroatoms. The highest BCUT2D eigenvalue weighted by Crippen LogP contribution is 2.17. The van der Waals surface area contributed by atoms with Crippen LogP contribution in [0.4, 0.5) is 0 Å². The van der Waals surface area contributed by atoms with E-state index in [1.165, 1.54) is 244 Å². The minimum absolute atomic E-state index is 0.0150. The standard InChI is InChI=1S/C58H111NO4/c1-3-5-7-9-11-13-15-17-18-19-20-21-22-23-24-25-26-27-28-29-30-31-32-33-34-35-36-37-38-40-41-43-45-47-49-51-55(61)53-58(63)59-56(54-60)57(62)52-50-48-46-44-42-39-16-14-12-10-8-6-4-2/h24-25,27-28,50,52,55-57,60-62H,3-23,26,29-49,51,53-54H2,1-2H3,(H,59,63)/b25-24-,28-27-,52-50+. The van der Waals surface area contributed by atoms with Gasteiger partial charge in [-0.1, -0.05) is 281 Å². The van der Waals surface area contributed by atoms with E-state index in [2.05, 4.69) is 43.5 Å². The molecule has 0 fully saturated rings. The number of allylic oxidation sites excluding steroid dienone is 5. The molecule has 0 aliphatic rings. The molecule has 0 spiro atoms. The molecule has 372 valence electrons. The predicted molar refractivity (Wildman–Crippen MR) is 278 cm³/mol. The summed E-state index contributed by atoms with van der Waals surface area (Å²) in [6.07, 6.45) is 69.2. The van der Waals surface area contributed by atoms with Crippen LogP contribution in [-0.2, 0) is 4.79 Å². The molecule has 0 aliphatic heterocycles. The Hall–Kier alpha value is -1.43. The smallest absolute Gasteiger partial charge is 0.222 e. The van der Waals surface area contributed by atoms with Gasteiger partial charge in [0.25, 0.3) is 0 Å². The first kappa shape index (κ1) is 61.6. The summed E-state index contributed by atoms with van der Waals surface area (Å²) in [4.78, 5) is 12.5. The van der Waals surface area contributed by atoms with Crippen molar-refractivity contribution in [3.8, 4) is 0 Å². The molecule has 1 amide bonds. The van der Waals surface area contributed by atoms with E-state index in [0.29, 0.717) is 6.42 Å². The van der Waals surface area contributed by atoms with Crippen LogP contribution in [0.15, 0.2) is 36.5 Å². The van der Waals surface area contributed by atoms with E-state index < -0.39 is 18.2 Å². The maximum absolute atomic E-state index is 12.5. The lowest BCUT2D eigenvalue weighted by Gasteiger charge is -2.21. The third-order valence-corrected chi connectivity index (χ3v) is 13.2. The van der Waals surface area contributed by atoms with Crippen LogP contribution in [0.3, 0.4) is 0 Å². The highest BCUT2D eigenvalue weighted by Gasteiger charge is 2.20. The van der Waals surface area contributed by atoms with Gasteiger partial charge in [-0.15, -0.1) is 0 Å². The molecule has 4 N–H and O–H groups in total. The molecular formula is C58H111NO4. The highest BCUT2D eigenvalue weighted by molar-refractivity contribution is 5.76. The molecule has 0 saturated carbocycles. The molecule has 63 heavy (non-hydrogen) atoms. The Morgan fingerprint density at radius 1 is 0.413 bits per heavy atom. The summed E-state index contributed by atoms with van der Waals surface area (Å²) < 4.78 is 0. The lowest BCUT2D eigenvalue weighted by molar-refractivity contribution is -0.124. The SMILES string of the molecule is CCCCCCCCCCCCC/C=C/C(O)C(CO)NC(=O)CC(O)CCCCCCCCCCCCCCCCC/C=C\C/C=C\CCCCCCCCCCCCCCC. The maximum atomic E-state index is 12.5. The topological polar surface area (TPSA) is 89.8 Å². The van der Waals surface area contributed by atoms with E-state index >= 15 is 0 Å². The number of rotatable bonds is 52. The first-order chi connectivity index (χ1) is 31.0. The van der Waals surface area contributed by atoms with Gasteiger partial charge in [0.05, 0.1) is 31.3 Å². The van der Waals surface area contributed by atoms with Crippen molar-refractivity contribution < 1.29 is 20.1 Å². The Labute approximate surface area is 394 Å². The normalized spacial score (nSPS) is 13.5. The molecular weight excluding hydrogens is 775 g/mol. The van der Waals surface area contributed by atoms with Crippen molar-refractivity contribution in [3.63, 3.8) is 0 Å². The number of aliphatic hydroxyl groups excluding tert-OH is 3. The number of amides is 1. The number of nitrogens with one attached hydrogen (secondary N) is 1. The second-order valence-electron chi connectivity index (χ2n) is 19.5. The molecule has 0 bridgehead atoms. The Bertz CT molecular complexity index is 978. The van der Waals surface area contributed by atoms with Crippen molar-refractivity contribution >= 4 is 5.91 Å². The van der Waals surface area contributed by atoms with Gasteiger partial charge in [0.1, 0.15) is 0 Å². The Kier molecular flexibility index (Phi) is 52.0. The average Bonchev–Trinajstić information content (AvgIpc) is 3.28. The van der Waals surface area contributed by atoms with Crippen molar-refractivity contribution in [3.05, 3.63) is 36.5 Å². The fraction of sp³-hybridized carbons (Fsp3) is 0.879. The molecule has 0 saturated heterocycles. The van der Waals surface area contributed by atoms with Crippen LogP contribution < -0.4 is 5.32 Å². The van der Waals surface area contributed by atoms with Gasteiger partial charge in [-0.3, -0.25) is 4.79 Å². The van der Waals surface area contributed by atoms with Gasteiger partial charge in [0.15, 0.2) is 0 Å². The van der Waals surface area contributed by atoms with E-state index in [1.54, 1.807) is 6.08 Å². The predicted octanol–water partition coefficient (Wildman–Crippen LogP) is 17.4. The second kappa shape index (κ2) is 53.2. The van der Waals surface area contributed by atoms with Crippen LogP contribution in [0.2, 0.25) is 0 Å². The van der Waals surface area contributed by atoms with Crippen LogP contribution >= 0.6 is 0 Å². The lowest BCUT2D eigenvalue weighted by Crippen LogP contribution is -2.45. The van der Waals surface area contributed by atoms with Gasteiger partial charge in [-0.2, -0.15) is 0 Å². The Balaban J connectivity index is 3.49. The summed E-state index contributed by atoms with van der Waals surface area (Å²) in [5, 5.41) is 33.3. The first-order valence-electron chi connectivity index (χ1n) is 28.3. The zero-order valence-corrected chi connectivity index (χ0v) is 42.5. The fourth-order valence-corrected chi connectivity index (χ4v) is 8.84. The summed E-state index contributed by atoms with van der Waals surface area (Å²) in [5.74, 6) is -0.313. The van der Waals surface area contributed by atoms with Crippen LogP contribution in [-0.4, -0.2) is 46.1 Å². The van der Waals surface area contributed by atoms with Gasteiger partial charge in [-0.25, -0.2) is 0 Å². The molecule has 0 aromatic heterocycles. The summed E-state index contributed by atoms with van der Waals surface area (Å²) in [7, 11) is 0. The molecule has 3 atom stereocenters. The van der Waals surface area contributed by atoms with E-state index in [-0.39, 0.29) is 18.9 Å². The molecule has 0 aromatic rings. The summed E-state index contributed by atoms with van der Waals surface area (Å²) in [6, 6.07) is -0.743. The number of unbranched alkanes of at least 4 members (excludes halogenated alkanes) is 39. The summed E-state index contributed by atoms with van der Waals surface area (Å²) in [5.41, 5.74) is 0. The van der Waals surface area contributed by atoms with Crippen LogP contribution in [0.25, 0.3) is 0 Å². The van der Waals surface area contributed by atoms with Gasteiger partial charge in [-0.05, 0) is 51.4 Å². The third kappa shape index (κ3) is 49.8. The third-order valence-electron chi connectivity index (χ3n) is 13.2. The van der Waals surface area contributed by atoms with Crippen molar-refractivity contribution in [2.75, 3.05) is 6.61 Å². The zero-order chi connectivity index (χ0) is 45.8. The molecule has 0 rings (SSSR count). The number of carbonyl (C=O) groups is 1. The average molecular weight is 887 g/mol. The monoisotopic (exact) mass is 886 g/mol. The Morgan fingerprint density at radius 3 is 1.05 bits per heavy atom. The van der Waals surface area contributed by atoms with Crippen molar-refractivity contribution in [2.45, 2.75) is 321 Å². The van der Waals surface area contributed by atoms with Crippen molar-refractivity contribution in [1.29, 1.82) is 0 Å². The fourth-order valence-electron chi connectivity index (χ4n) is 8.84. The van der Waals surface area contributed by atoms with Crippen LogP contribution in [0.1, 0.15) is 303 Å². The second-order valence-corrected chi connectivity index (χ2v) is 19.5. The number of carbonyl (C=O) groups excluding carboxylic acids is 1. The molecule has 0 heterocycles. The highest BCUT2D eigenvalue weighted by atomic mass is 16.3. The number of hydrogen-bond donors (Lipinski definition) is 4. The van der Waals surface area contributed by atoms with Gasteiger partial charge < -0.3 is 20.6 Å². The van der Waals surface area contributed by atoms with E-state index in [1.807, 2.05) is 6.08 Å². The molecule has 0 aliphatic carbocycles. The van der Waals surface area contributed by atoms with E-state index in [0.717, 1.165) is 32.1 Å². The van der Waals surface area contributed by atoms with E-state index in [4.69, 9.17) is 0 Å². The largest absolute Gasteiger partial charge is 0.394 e. The van der Waals surface area contributed by atoms with E-state index in [9.17, 15) is 20.1 Å². The molecule has 3 unspecified atom stereocenters.